The monoisotopic (exact) mass is 272 g/mol. The normalized spacial score (nSPS) is 15.7. The van der Waals surface area contributed by atoms with Crippen molar-refractivity contribution >= 4 is 18.3 Å². The third kappa shape index (κ3) is 3.68. The van der Waals surface area contributed by atoms with Crippen molar-refractivity contribution in [3.05, 3.63) is 35.1 Å². The van der Waals surface area contributed by atoms with Gasteiger partial charge in [-0.3, -0.25) is 4.79 Å². The van der Waals surface area contributed by atoms with Gasteiger partial charge in [0.1, 0.15) is 5.82 Å². The molecule has 0 aromatic heterocycles. The van der Waals surface area contributed by atoms with Gasteiger partial charge in [0.2, 0.25) is 0 Å². The van der Waals surface area contributed by atoms with E-state index in [9.17, 15) is 9.18 Å². The van der Waals surface area contributed by atoms with Crippen LogP contribution >= 0.6 is 12.4 Å². The summed E-state index contributed by atoms with van der Waals surface area (Å²) in [5, 5.41) is 2.78. The largest absolute Gasteiger partial charge is 0.350 e. The molecule has 100 valence electrons. The Balaban J connectivity index is 0.00000162. The third-order valence-corrected chi connectivity index (χ3v) is 3.15. The molecule has 3 nitrogen and oxygen atoms in total. The summed E-state index contributed by atoms with van der Waals surface area (Å²) < 4.78 is 13.0. The van der Waals surface area contributed by atoms with E-state index in [0.29, 0.717) is 23.6 Å². The Morgan fingerprint density at radius 3 is 2.78 bits per heavy atom. The van der Waals surface area contributed by atoms with Gasteiger partial charge >= 0.3 is 0 Å². The van der Waals surface area contributed by atoms with E-state index >= 15 is 0 Å². The lowest BCUT2D eigenvalue weighted by Crippen LogP contribution is -2.38. The topological polar surface area (TPSA) is 55.1 Å². The summed E-state index contributed by atoms with van der Waals surface area (Å²) in [6.07, 6.45) is 2.32. The van der Waals surface area contributed by atoms with Crippen molar-refractivity contribution in [1.29, 1.82) is 0 Å². The fourth-order valence-corrected chi connectivity index (χ4v) is 1.79. The molecule has 3 N–H and O–H groups in total. The van der Waals surface area contributed by atoms with E-state index in [1.807, 2.05) is 0 Å². The Kier molecular flexibility index (Phi) is 5.11. The maximum atomic E-state index is 13.0. The van der Waals surface area contributed by atoms with Crippen molar-refractivity contribution in [1.82, 2.24) is 5.32 Å². The van der Waals surface area contributed by atoms with Crippen molar-refractivity contribution in [3.63, 3.8) is 0 Å². The van der Waals surface area contributed by atoms with Gasteiger partial charge in [-0.2, -0.15) is 0 Å². The van der Waals surface area contributed by atoms with Crippen molar-refractivity contribution < 1.29 is 9.18 Å². The number of nitrogens with one attached hydrogen (secondary N) is 1. The Morgan fingerprint density at radius 2 is 2.22 bits per heavy atom. The Labute approximate surface area is 112 Å². The van der Waals surface area contributed by atoms with E-state index in [1.165, 1.54) is 12.1 Å². The highest BCUT2D eigenvalue weighted by Crippen LogP contribution is 2.31. The molecule has 1 unspecified atom stereocenters. The highest BCUT2D eigenvalue weighted by Gasteiger charge is 2.28. The minimum Gasteiger partial charge on any atom is -0.350 e. The molecule has 0 radical (unpaired) electrons. The summed E-state index contributed by atoms with van der Waals surface area (Å²) in [5.74, 6) is 0.0747. The van der Waals surface area contributed by atoms with Crippen LogP contribution in [0.2, 0.25) is 0 Å². The first-order valence-corrected chi connectivity index (χ1v) is 5.88. The number of amides is 1. The van der Waals surface area contributed by atoms with Gasteiger partial charge in [0, 0.05) is 18.2 Å². The molecule has 0 aliphatic heterocycles. The lowest BCUT2D eigenvalue weighted by Gasteiger charge is -2.11. The van der Waals surface area contributed by atoms with Crippen molar-refractivity contribution in [2.24, 2.45) is 11.7 Å². The van der Waals surface area contributed by atoms with Gasteiger partial charge in [0.25, 0.3) is 5.91 Å². The van der Waals surface area contributed by atoms with Crippen LogP contribution in [0, 0.1) is 18.7 Å². The van der Waals surface area contributed by atoms with E-state index in [1.54, 1.807) is 13.0 Å². The molecule has 0 spiro atoms. The lowest BCUT2D eigenvalue weighted by atomic mass is 10.1. The molecule has 0 saturated heterocycles. The zero-order chi connectivity index (χ0) is 12.4. The average molecular weight is 273 g/mol. The molecule has 1 aromatic carbocycles. The predicted molar refractivity (Wildman–Crippen MR) is 71.4 cm³/mol. The zero-order valence-electron chi connectivity index (χ0n) is 10.3. The van der Waals surface area contributed by atoms with Gasteiger partial charge in [-0.1, -0.05) is 0 Å². The standard InChI is InChI=1S/C13H17FN2O.ClH/c1-8-6-10(4-5-11(8)14)13(17)16-7-12(15)9-2-3-9;/h4-6,9,12H,2-3,7,15H2,1H3,(H,16,17);1H. The van der Waals surface area contributed by atoms with E-state index in [-0.39, 0.29) is 30.2 Å². The molecule has 1 atom stereocenters. The number of halogens is 2. The summed E-state index contributed by atoms with van der Waals surface area (Å²) in [6.45, 7) is 2.13. The van der Waals surface area contributed by atoms with Crippen LogP contribution in [0.1, 0.15) is 28.8 Å². The maximum Gasteiger partial charge on any atom is 0.251 e. The summed E-state index contributed by atoms with van der Waals surface area (Å²) in [4.78, 5) is 11.8. The fraction of sp³-hybridized carbons (Fsp3) is 0.462. The molecule has 0 heterocycles. The maximum absolute atomic E-state index is 13.0. The Hall–Kier alpha value is -1.13. The van der Waals surface area contributed by atoms with Crippen LogP contribution < -0.4 is 11.1 Å². The number of carbonyl (C=O) groups is 1. The van der Waals surface area contributed by atoms with Crippen molar-refractivity contribution in [2.45, 2.75) is 25.8 Å². The van der Waals surface area contributed by atoms with Crippen LogP contribution in [0.5, 0.6) is 0 Å². The number of aryl methyl sites for hydroxylation is 1. The fourth-order valence-electron chi connectivity index (χ4n) is 1.79. The first-order chi connectivity index (χ1) is 8.08. The molecule has 1 aromatic rings. The lowest BCUT2D eigenvalue weighted by molar-refractivity contribution is 0.0950. The highest BCUT2D eigenvalue weighted by atomic mass is 35.5. The number of hydrogen-bond acceptors (Lipinski definition) is 2. The minimum absolute atomic E-state index is 0. The predicted octanol–water partition coefficient (Wildman–Crippen LogP) is 2.02. The quantitative estimate of drug-likeness (QED) is 0.881. The van der Waals surface area contributed by atoms with Gasteiger partial charge in [-0.15, -0.1) is 12.4 Å². The van der Waals surface area contributed by atoms with Crippen LogP contribution in [-0.2, 0) is 0 Å². The van der Waals surface area contributed by atoms with Crippen LogP contribution in [0.25, 0.3) is 0 Å². The van der Waals surface area contributed by atoms with Gasteiger partial charge in [-0.05, 0) is 49.4 Å². The summed E-state index contributed by atoms with van der Waals surface area (Å²) in [6, 6.07) is 4.39. The van der Waals surface area contributed by atoms with E-state index in [0.717, 1.165) is 12.8 Å². The molecule has 1 saturated carbocycles. The second-order valence-corrected chi connectivity index (χ2v) is 4.68. The second kappa shape index (κ2) is 6.16. The van der Waals surface area contributed by atoms with E-state index in [2.05, 4.69) is 5.32 Å². The first kappa shape index (κ1) is 14.9. The Bertz CT molecular complexity index is 435. The van der Waals surface area contributed by atoms with Crippen LogP contribution in [0.4, 0.5) is 4.39 Å². The van der Waals surface area contributed by atoms with Crippen LogP contribution in [0.15, 0.2) is 18.2 Å². The number of carbonyl (C=O) groups excluding carboxylic acids is 1. The van der Waals surface area contributed by atoms with Gasteiger partial charge < -0.3 is 11.1 Å². The Morgan fingerprint density at radius 1 is 1.56 bits per heavy atom. The minimum atomic E-state index is -0.295. The number of rotatable bonds is 4. The smallest absolute Gasteiger partial charge is 0.251 e. The molecule has 1 aliphatic carbocycles. The third-order valence-electron chi connectivity index (χ3n) is 3.15. The molecular formula is C13H18ClFN2O. The highest BCUT2D eigenvalue weighted by molar-refractivity contribution is 5.94. The molecule has 1 aliphatic rings. The molecule has 1 fully saturated rings. The molecule has 2 rings (SSSR count). The first-order valence-electron chi connectivity index (χ1n) is 5.88. The zero-order valence-corrected chi connectivity index (χ0v) is 11.1. The molecule has 5 heteroatoms. The van der Waals surface area contributed by atoms with E-state index < -0.39 is 0 Å². The van der Waals surface area contributed by atoms with Gasteiger partial charge in [0.05, 0.1) is 0 Å². The van der Waals surface area contributed by atoms with Crippen molar-refractivity contribution in [3.8, 4) is 0 Å². The molecule has 1 amide bonds. The van der Waals surface area contributed by atoms with E-state index in [4.69, 9.17) is 5.73 Å². The van der Waals surface area contributed by atoms with Crippen LogP contribution in [-0.4, -0.2) is 18.5 Å². The van der Waals surface area contributed by atoms with Gasteiger partial charge in [0.15, 0.2) is 0 Å². The second-order valence-electron chi connectivity index (χ2n) is 4.68. The summed E-state index contributed by atoms with van der Waals surface area (Å²) in [5.41, 5.74) is 6.84. The number of benzene rings is 1. The molecule has 0 bridgehead atoms. The average Bonchev–Trinajstić information content (AvgIpc) is 3.13. The number of hydrogen-bond donors (Lipinski definition) is 2. The molecule has 18 heavy (non-hydrogen) atoms. The SMILES string of the molecule is Cc1cc(C(=O)NCC(N)C2CC2)ccc1F.Cl. The molecular weight excluding hydrogens is 255 g/mol. The van der Waals surface area contributed by atoms with Gasteiger partial charge in [-0.25, -0.2) is 4.39 Å². The number of nitrogens with two attached hydrogens (primary N) is 1. The van der Waals surface area contributed by atoms with Crippen LogP contribution in [0.3, 0.4) is 0 Å². The summed E-state index contributed by atoms with van der Waals surface area (Å²) >= 11 is 0. The van der Waals surface area contributed by atoms with Crippen molar-refractivity contribution in [2.75, 3.05) is 6.54 Å². The summed E-state index contributed by atoms with van der Waals surface area (Å²) in [7, 11) is 0.